The van der Waals surface area contributed by atoms with Crippen LogP contribution in [0.2, 0.25) is 0 Å². The van der Waals surface area contributed by atoms with Crippen LogP contribution >= 0.6 is 0 Å². The van der Waals surface area contributed by atoms with Gasteiger partial charge in [0.25, 0.3) is 5.91 Å². The first-order valence-electron chi connectivity index (χ1n) is 10.8. The van der Waals surface area contributed by atoms with Gasteiger partial charge in [-0.2, -0.15) is 5.10 Å². The topological polar surface area (TPSA) is 113 Å². The van der Waals surface area contributed by atoms with Gasteiger partial charge in [-0.1, -0.05) is 12.8 Å². The van der Waals surface area contributed by atoms with Gasteiger partial charge in [0.15, 0.2) is 9.84 Å². The summed E-state index contributed by atoms with van der Waals surface area (Å²) in [6, 6.07) is 4.36. The monoisotopic (exact) mass is 470 g/mol. The number of nitrogens with zero attached hydrogens (tertiary/aromatic N) is 5. The van der Waals surface area contributed by atoms with Crippen LogP contribution in [0.4, 0.5) is 4.39 Å². The van der Waals surface area contributed by atoms with E-state index in [0.717, 1.165) is 38.8 Å². The van der Waals surface area contributed by atoms with Crippen molar-refractivity contribution in [3.8, 4) is 0 Å². The van der Waals surface area contributed by atoms with Gasteiger partial charge in [-0.25, -0.2) is 17.8 Å². The van der Waals surface area contributed by atoms with E-state index in [1.807, 2.05) is 4.90 Å². The lowest BCUT2D eigenvalue weighted by molar-refractivity contribution is 0.0756. The van der Waals surface area contributed by atoms with Gasteiger partial charge in [0, 0.05) is 30.9 Å². The van der Waals surface area contributed by atoms with Gasteiger partial charge in [0.05, 0.1) is 34.6 Å². The van der Waals surface area contributed by atoms with Crippen molar-refractivity contribution in [2.24, 2.45) is 0 Å². The number of fused-ring (bicyclic) bond motifs is 2. The Labute approximate surface area is 189 Å². The summed E-state index contributed by atoms with van der Waals surface area (Å²) in [6.07, 6.45) is 8.35. The number of imidazole rings is 1. The molecule has 1 amide bonds. The van der Waals surface area contributed by atoms with Gasteiger partial charge in [0.2, 0.25) is 0 Å². The van der Waals surface area contributed by atoms with Gasteiger partial charge in [-0.3, -0.25) is 14.9 Å². The summed E-state index contributed by atoms with van der Waals surface area (Å²) in [5.74, 6) is -1.21. The molecule has 4 aromatic heterocycles. The predicted octanol–water partition coefficient (Wildman–Crippen LogP) is 2.88. The molecule has 1 fully saturated rings. The number of H-pyrrole nitrogens is 1. The largest absolute Gasteiger partial charge is 0.337 e. The molecule has 5 heterocycles. The number of carbonyl (C=O) groups is 1. The zero-order chi connectivity index (χ0) is 23.0. The van der Waals surface area contributed by atoms with Gasteiger partial charge in [0.1, 0.15) is 17.2 Å². The van der Waals surface area contributed by atoms with Gasteiger partial charge in [-0.05, 0) is 31.0 Å². The molecule has 0 atom stereocenters. The summed E-state index contributed by atoms with van der Waals surface area (Å²) in [5.41, 5.74) is 2.03. The van der Waals surface area contributed by atoms with E-state index in [4.69, 9.17) is 0 Å². The van der Waals surface area contributed by atoms with Crippen LogP contribution in [0.25, 0.3) is 16.6 Å². The Morgan fingerprint density at radius 2 is 1.85 bits per heavy atom. The first kappa shape index (κ1) is 21.5. The summed E-state index contributed by atoms with van der Waals surface area (Å²) in [6.45, 7) is 1.44. The fourth-order valence-electron chi connectivity index (χ4n) is 4.23. The Morgan fingerprint density at radius 1 is 1.06 bits per heavy atom. The summed E-state index contributed by atoms with van der Waals surface area (Å²) in [7, 11) is -3.63. The molecule has 0 unspecified atom stereocenters. The third-order valence-corrected chi connectivity index (χ3v) is 7.37. The molecule has 0 saturated carbocycles. The molecule has 1 saturated heterocycles. The van der Waals surface area contributed by atoms with E-state index in [1.54, 1.807) is 6.07 Å². The van der Waals surface area contributed by atoms with Crippen molar-refractivity contribution in [1.82, 2.24) is 29.5 Å². The predicted molar refractivity (Wildman–Crippen MR) is 120 cm³/mol. The highest BCUT2D eigenvalue weighted by Gasteiger charge is 2.22. The second kappa shape index (κ2) is 8.54. The third kappa shape index (κ3) is 4.45. The zero-order valence-electron chi connectivity index (χ0n) is 17.9. The standard InChI is InChI=1S/C22H23FN6O3S/c23-15-5-6-21-25-10-16(29(21)12-15)13-33(31,32)14-20-17-11-24-19(9-18(17)26-27-20)22(30)28-7-3-1-2-4-8-28/h5-6,9-12H,1-4,7-8,13-14H2,(H,26,27). The number of hydrogen-bond acceptors (Lipinski definition) is 6. The minimum Gasteiger partial charge on any atom is -0.337 e. The highest BCUT2D eigenvalue weighted by Crippen LogP contribution is 2.21. The molecule has 0 radical (unpaired) electrons. The molecule has 1 N–H and O–H groups in total. The first-order valence-corrected chi connectivity index (χ1v) is 12.7. The van der Waals surface area contributed by atoms with Crippen LogP contribution in [0, 0.1) is 5.82 Å². The zero-order valence-corrected chi connectivity index (χ0v) is 18.7. The number of nitrogens with one attached hydrogen (secondary N) is 1. The van der Waals surface area contributed by atoms with Crippen LogP contribution < -0.4 is 0 Å². The Morgan fingerprint density at radius 3 is 2.64 bits per heavy atom. The number of halogens is 1. The number of amides is 1. The summed E-state index contributed by atoms with van der Waals surface area (Å²) >= 11 is 0. The van der Waals surface area contributed by atoms with E-state index in [-0.39, 0.29) is 17.4 Å². The molecule has 4 aromatic rings. The minimum atomic E-state index is -3.63. The number of hydrogen-bond donors (Lipinski definition) is 1. The van der Waals surface area contributed by atoms with E-state index in [9.17, 15) is 17.6 Å². The average Bonchev–Trinajstić information content (AvgIpc) is 3.24. The van der Waals surface area contributed by atoms with Crippen molar-refractivity contribution in [3.05, 3.63) is 59.7 Å². The van der Waals surface area contributed by atoms with Crippen molar-refractivity contribution in [2.75, 3.05) is 13.1 Å². The molecule has 0 aliphatic carbocycles. The van der Waals surface area contributed by atoms with Gasteiger partial charge < -0.3 is 9.30 Å². The van der Waals surface area contributed by atoms with E-state index < -0.39 is 15.7 Å². The van der Waals surface area contributed by atoms with Crippen LogP contribution in [0.1, 0.15) is 47.6 Å². The Bertz CT molecular complexity index is 1440. The molecule has 172 valence electrons. The number of likely N-dealkylation sites (tertiary alicyclic amines) is 1. The smallest absolute Gasteiger partial charge is 0.272 e. The number of rotatable bonds is 5. The molecule has 0 spiro atoms. The van der Waals surface area contributed by atoms with Gasteiger partial charge >= 0.3 is 0 Å². The number of aromatic nitrogens is 5. The highest BCUT2D eigenvalue weighted by atomic mass is 32.2. The highest BCUT2D eigenvalue weighted by molar-refractivity contribution is 7.89. The molecular weight excluding hydrogens is 447 g/mol. The SMILES string of the molecule is O=C(c1cc2n[nH]c(CS(=O)(=O)Cc3cnc4ccc(F)cn34)c2cn1)N1CCCCCC1. The molecular formula is C22H23FN6O3S. The summed E-state index contributed by atoms with van der Waals surface area (Å²) < 4.78 is 40.8. The molecule has 0 aromatic carbocycles. The maximum Gasteiger partial charge on any atom is 0.272 e. The third-order valence-electron chi connectivity index (χ3n) is 5.91. The maximum atomic E-state index is 13.6. The van der Waals surface area contributed by atoms with Crippen molar-refractivity contribution >= 4 is 32.3 Å². The molecule has 33 heavy (non-hydrogen) atoms. The van der Waals surface area contributed by atoms with Crippen LogP contribution in [-0.2, 0) is 21.3 Å². The number of sulfone groups is 1. The van der Waals surface area contributed by atoms with Crippen molar-refractivity contribution in [3.63, 3.8) is 0 Å². The Hall–Kier alpha value is -3.34. The number of carbonyl (C=O) groups excluding carboxylic acids is 1. The second-order valence-corrected chi connectivity index (χ2v) is 10.4. The molecule has 1 aliphatic heterocycles. The Kier molecular flexibility index (Phi) is 5.57. The van der Waals surface area contributed by atoms with E-state index in [0.29, 0.717) is 33.6 Å². The van der Waals surface area contributed by atoms with Crippen LogP contribution in [0.15, 0.2) is 36.8 Å². The molecule has 11 heteroatoms. The van der Waals surface area contributed by atoms with Gasteiger partial charge in [-0.15, -0.1) is 0 Å². The number of pyridine rings is 2. The van der Waals surface area contributed by atoms with Crippen LogP contribution in [0.3, 0.4) is 0 Å². The average molecular weight is 471 g/mol. The van der Waals surface area contributed by atoms with Crippen LogP contribution in [0.5, 0.6) is 0 Å². The molecule has 0 bridgehead atoms. The van der Waals surface area contributed by atoms with Crippen molar-refractivity contribution < 1.29 is 17.6 Å². The summed E-state index contributed by atoms with van der Waals surface area (Å²) in [4.78, 5) is 23.1. The van der Waals surface area contributed by atoms with E-state index >= 15 is 0 Å². The fraction of sp³-hybridized carbons (Fsp3) is 0.364. The number of aromatic amines is 1. The molecule has 9 nitrogen and oxygen atoms in total. The lowest BCUT2D eigenvalue weighted by Gasteiger charge is -2.19. The lowest BCUT2D eigenvalue weighted by atomic mass is 10.2. The second-order valence-electron chi connectivity index (χ2n) is 8.35. The van der Waals surface area contributed by atoms with Crippen molar-refractivity contribution in [2.45, 2.75) is 37.2 Å². The summed E-state index contributed by atoms with van der Waals surface area (Å²) in [5, 5.41) is 7.53. The first-order chi connectivity index (χ1) is 15.9. The lowest BCUT2D eigenvalue weighted by Crippen LogP contribution is -2.32. The maximum absolute atomic E-state index is 13.6. The quantitative estimate of drug-likeness (QED) is 0.480. The molecule has 1 aliphatic rings. The van der Waals surface area contributed by atoms with E-state index in [1.165, 1.54) is 35.1 Å². The molecule has 5 rings (SSSR count). The van der Waals surface area contributed by atoms with Crippen LogP contribution in [-0.4, -0.2) is 56.9 Å². The van der Waals surface area contributed by atoms with E-state index in [2.05, 4.69) is 20.2 Å². The van der Waals surface area contributed by atoms with Crippen molar-refractivity contribution in [1.29, 1.82) is 0 Å². The Balaban J connectivity index is 1.36. The normalized spacial score (nSPS) is 15.2. The fourth-order valence-corrected chi connectivity index (χ4v) is 5.65. The minimum absolute atomic E-state index is 0.129.